The molecule has 30 heavy (non-hydrogen) atoms. The van der Waals surface area contributed by atoms with Crippen LogP contribution in [0.4, 0.5) is 0 Å². The Hall–Kier alpha value is -2.95. The zero-order valence-electron chi connectivity index (χ0n) is 18.2. The number of aryl methyl sites for hydroxylation is 1. The SMILES string of the molecule is CCCCN(CCCC)C(=O)c1cc2cccnc2n(Cc2ccc(C)cc2)c1=O. The van der Waals surface area contributed by atoms with E-state index in [1.807, 2.05) is 48.2 Å². The molecule has 0 spiro atoms. The number of fused-ring (bicyclic) bond motifs is 1. The third-order valence-corrected chi connectivity index (χ3v) is 5.39. The van der Waals surface area contributed by atoms with Gasteiger partial charge in [0, 0.05) is 24.7 Å². The summed E-state index contributed by atoms with van der Waals surface area (Å²) < 4.78 is 1.63. The molecule has 0 fully saturated rings. The lowest BCUT2D eigenvalue weighted by Crippen LogP contribution is -2.38. The van der Waals surface area contributed by atoms with Gasteiger partial charge in [0.05, 0.1) is 6.54 Å². The Morgan fingerprint density at radius 1 is 1.03 bits per heavy atom. The zero-order valence-corrected chi connectivity index (χ0v) is 18.2. The molecule has 1 aromatic carbocycles. The standard InChI is InChI=1S/C25H31N3O2/c1-4-6-15-27(16-7-5-2)24(29)22-17-21-9-8-14-26-23(21)28(25(22)30)18-20-12-10-19(3)11-13-20/h8-14,17H,4-7,15-16,18H2,1-3H3. The van der Waals surface area contributed by atoms with Crippen LogP contribution >= 0.6 is 0 Å². The predicted molar refractivity (Wildman–Crippen MR) is 122 cm³/mol. The highest BCUT2D eigenvalue weighted by molar-refractivity contribution is 5.97. The number of hydrogen-bond donors (Lipinski definition) is 0. The number of aromatic nitrogens is 2. The van der Waals surface area contributed by atoms with Crippen molar-refractivity contribution in [3.63, 3.8) is 0 Å². The van der Waals surface area contributed by atoms with Crippen LogP contribution in [0.3, 0.4) is 0 Å². The van der Waals surface area contributed by atoms with Crippen LogP contribution in [-0.4, -0.2) is 33.4 Å². The number of hydrogen-bond acceptors (Lipinski definition) is 3. The van der Waals surface area contributed by atoms with Crippen LogP contribution in [0.2, 0.25) is 0 Å². The molecule has 0 aliphatic heterocycles. The molecule has 0 atom stereocenters. The molecule has 0 saturated carbocycles. The van der Waals surface area contributed by atoms with Crippen LogP contribution in [0.5, 0.6) is 0 Å². The molecule has 0 bridgehead atoms. The predicted octanol–water partition coefficient (Wildman–Crippen LogP) is 4.80. The average Bonchev–Trinajstić information content (AvgIpc) is 2.76. The number of carbonyl (C=O) groups is 1. The van der Waals surface area contributed by atoms with E-state index < -0.39 is 0 Å². The van der Waals surface area contributed by atoms with Gasteiger partial charge in [-0.3, -0.25) is 14.2 Å². The summed E-state index contributed by atoms with van der Waals surface area (Å²) in [6.07, 6.45) is 5.57. The van der Waals surface area contributed by atoms with Gasteiger partial charge in [0.2, 0.25) is 0 Å². The van der Waals surface area contributed by atoms with Crippen LogP contribution in [-0.2, 0) is 6.54 Å². The first-order chi connectivity index (χ1) is 14.5. The van der Waals surface area contributed by atoms with E-state index in [-0.39, 0.29) is 17.0 Å². The highest BCUT2D eigenvalue weighted by Gasteiger charge is 2.21. The monoisotopic (exact) mass is 405 g/mol. The lowest BCUT2D eigenvalue weighted by molar-refractivity contribution is 0.0749. The summed E-state index contributed by atoms with van der Waals surface area (Å²) in [5, 5.41) is 0.804. The Kier molecular flexibility index (Phi) is 7.39. The number of pyridine rings is 2. The van der Waals surface area contributed by atoms with Crippen LogP contribution in [0.15, 0.2) is 53.5 Å². The second-order valence-corrected chi connectivity index (χ2v) is 7.85. The first-order valence-corrected chi connectivity index (χ1v) is 10.9. The minimum Gasteiger partial charge on any atom is -0.338 e. The molecule has 0 N–H and O–H groups in total. The summed E-state index contributed by atoms with van der Waals surface area (Å²) >= 11 is 0. The molecular formula is C25H31N3O2. The molecule has 3 rings (SSSR count). The average molecular weight is 406 g/mol. The van der Waals surface area contributed by atoms with E-state index in [1.54, 1.807) is 16.8 Å². The van der Waals surface area contributed by atoms with Crippen molar-refractivity contribution >= 4 is 16.9 Å². The minimum absolute atomic E-state index is 0.176. The van der Waals surface area contributed by atoms with Crippen molar-refractivity contribution < 1.29 is 4.79 Å². The van der Waals surface area contributed by atoms with Gasteiger partial charge in [0.15, 0.2) is 0 Å². The molecule has 2 heterocycles. The molecule has 3 aromatic rings. The van der Waals surface area contributed by atoms with Gasteiger partial charge < -0.3 is 4.90 Å². The van der Waals surface area contributed by atoms with Gasteiger partial charge in [-0.15, -0.1) is 0 Å². The highest BCUT2D eigenvalue weighted by Crippen LogP contribution is 2.15. The molecule has 0 saturated heterocycles. The molecule has 0 aliphatic rings. The summed E-state index contributed by atoms with van der Waals surface area (Å²) in [7, 11) is 0. The number of amides is 1. The topological polar surface area (TPSA) is 55.2 Å². The summed E-state index contributed by atoms with van der Waals surface area (Å²) in [4.78, 5) is 33.1. The third-order valence-electron chi connectivity index (χ3n) is 5.39. The Balaban J connectivity index is 2.06. The van der Waals surface area contributed by atoms with E-state index in [0.29, 0.717) is 25.3 Å². The quantitative estimate of drug-likeness (QED) is 0.514. The first kappa shape index (κ1) is 21.8. The van der Waals surface area contributed by atoms with Gasteiger partial charge in [-0.2, -0.15) is 0 Å². The largest absolute Gasteiger partial charge is 0.338 e. The minimum atomic E-state index is -0.273. The zero-order chi connectivity index (χ0) is 21.5. The molecule has 2 aromatic heterocycles. The van der Waals surface area contributed by atoms with E-state index in [1.165, 1.54) is 5.56 Å². The number of nitrogens with zero attached hydrogens (tertiary/aromatic N) is 3. The smallest absolute Gasteiger partial charge is 0.265 e. The summed E-state index contributed by atoms with van der Waals surface area (Å²) in [5.74, 6) is -0.176. The highest BCUT2D eigenvalue weighted by atomic mass is 16.2. The maximum atomic E-state index is 13.4. The fourth-order valence-electron chi connectivity index (χ4n) is 3.57. The van der Waals surface area contributed by atoms with Crippen LogP contribution in [0.25, 0.3) is 11.0 Å². The normalized spacial score (nSPS) is 11.0. The fraction of sp³-hybridized carbons (Fsp3) is 0.400. The van der Waals surface area contributed by atoms with E-state index in [4.69, 9.17) is 0 Å². The van der Waals surface area contributed by atoms with E-state index >= 15 is 0 Å². The van der Waals surface area contributed by atoms with Crippen LogP contribution in [0.1, 0.15) is 61.0 Å². The van der Waals surface area contributed by atoms with Gasteiger partial charge in [-0.05, 0) is 43.5 Å². The van der Waals surface area contributed by atoms with Crippen molar-refractivity contribution in [2.75, 3.05) is 13.1 Å². The molecule has 1 amide bonds. The lowest BCUT2D eigenvalue weighted by Gasteiger charge is -2.23. The molecule has 0 aliphatic carbocycles. The Bertz CT molecular complexity index is 1050. The van der Waals surface area contributed by atoms with Gasteiger partial charge in [0.25, 0.3) is 11.5 Å². The van der Waals surface area contributed by atoms with Crippen molar-refractivity contribution in [1.29, 1.82) is 0 Å². The van der Waals surface area contributed by atoms with Gasteiger partial charge in [-0.1, -0.05) is 56.5 Å². The summed E-state index contributed by atoms with van der Waals surface area (Å²) in [5.41, 5.74) is 2.74. The number of benzene rings is 1. The van der Waals surface area contributed by atoms with Crippen molar-refractivity contribution in [3.05, 3.63) is 75.7 Å². The fourth-order valence-corrected chi connectivity index (χ4v) is 3.57. The molecule has 5 heteroatoms. The summed E-state index contributed by atoms with van der Waals surface area (Å²) in [6.45, 7) is 8.00. The molecule has 5 nitrogen and oxygen atoms in total. The molecule has 0 radical (unpaired) electrons. The Labute approximate surface area is 178 Å². The van der Waals surface area contributed by atoms with Crippen molar-refractivity contribution in [1.82, 2.24) is 14.5 Å². The van der Waals surface area contributed by atoms with E-state index in [0.717, 1.165) is 36.6 Å². The van der Waals surface area contributed by atoms with Gasteiger partial charge in [-0.25, -0.2) is 4.98 Å². The first-order valence-electron chi connectivity index (χ1n) is 10.9. The van der Waals surface area contributed by atoms with E-state index in [2.05, 4.69) is 18.8 Å². The van der Waals surface area contributed by atoms with Crippen LogP contribution in [0, 0.1) is 6.92 Å². The molecule has 0 unspecified atom stereocenters. The summed E-state index contributed by atoms with van der Waals surface area (Å²) in [6, 6.07) is 13.5. The second-order valence-electron chi connectivity index (χ2n) is 7.85. The third kappa shape index (κ3) is 4.96. The van der Waals surface area contributed by atoms with Crippen molar-refractivity contribution in [2.24, 2.45) is 0 Å². The molecular weight excluding hydrogens is 374 g/mol. The maximum Gasteiger partial charge on any atom is 0.265 e. The second kappa shape index (κ2) is 10.2. The lowest BCUT2D eigenvalue weighted by atomic mass is 10.1. The Morgan fingerprint density at radius 3 is 2.33 bits per heavy atom. The number of unbranched alkanes of at least 4 members (excludes halogenated alkanes) is 2. The number of rotatable bonds is 9. The van der Waals surface area contributed by atoms with Gasteiger partial charge >= 0.3 is 0 Å². The van der Waals surface area contributed by atoms with Crippen molar-refractivity contribution in [2.45, 2.75) is 53.0 Å². The van der Waals surface area contributed by atoms with Gasteiger partial charge in [0.1, 0.15) is 11.2 Å². The maximum absolute atomic E-state index is 13.4. The van der Waals surface area contributed by atoms with Crippen molar-refractivity contribution in [3.8, 4) is 0 Å². The van der Waals surface area contributed by atoms with E-state index in [9.17, 15) is 9.59 Å². The number of carbonyl (C=O) groups excluding carboxylic acids is 1. The Morgan fingerprint density at radius 2 is 1.70 bits per heavy atom. The molecule has 158 valence electrons. The van der Waals surface area contributed by atoms with Crippen LogP contribution < -0.4 is 5.56 Å².